The number of hydrogen-bond donors (Lipinski definition) is 0. The zero-order chi connectivity index (χ0) is 23.4. The Labute approximate surface area is 194 Å². The number of carbonyl (C=O) groups excluding carboxylic acids is 1. The van der Waals surface area contributed by atoms with E-state index < -0.39 is 9.84 Å². The summed E-state index contributed by atoms with van der Waals surface area (Å²) < 4.78 is 23.4. The predicted molar refractivity (Wildman–Crippen MR) is 131 cm³/mol. The third-order valence-corrected chi connectivity index (χ3v) is 7.01. The van der Waals surface area contributed by atoms with Gasteiger partial charge in [0, 0.05) is 36.6 Å². The fourth-order valence-electron chi connectivity index (χ4n) is 4.03. The van der Waals surface area contributed by atoms with Crippen molar-refractivity contribution in [1.29, 1.82) is 0 Å². The first-order valence-corrected chi connectivity index (χ1v) is 12.6. The van der Waals surface area contributed by atoms with Crippen LogP contribution in [0.4, 0.5) is 0 Å². The molecule has 166 valence electrons. The third kappa shape index (κ3) is 5.26. The minimum atomic E-state index is -3.22. The number of Topliss-reactive ketones (excluding diaryl/α,β-unsaturated/α-hetero) is 1. The van der Waals surface area contributed by atoms with Crippen LogP contribution in [-0.4, -0.2) is 25.4 Å². The van der Waals surface area contributed by atoms with Gasteiger partial charge >= 0.3 is 0 Å². The van der Waals surface area contributed by atoms with E-state index in [1.165, 1.54) is 6.26 Å². The highest BCUT2D eigenvalue weighted by molar-refractivity contribution is 7.90. The Morgan fingerprint density at radius 3 is 1.97 bits per heavy atom. The van der Waals surface area contributed by atoms with Crippen LogP contribution >= 0.6 is 0 Å². The van der Waals surface area contributed by atoms with E-state index in [0.717, 1.165) is 27.8 Å². The average Bonchev–Trinajstić information content (AvgIpc) is 2.83. The van der Waals surface area contributed by atoms with E-state index in [-0.39, 0.29) is 11.7 Å². The number of rotatable bonds is 7. The lowest BCUT2D eigenvalue weighted by Gasteiger charge is -2.20. The number of hydrogen-bond acceptors (Lipinski definition) is 4. The smallest absolute Gasteiger partial charge is 0.175 e. The summed E-state index contributed by atoms with van der Waals surface area (Å²) in [6.45, 7) is 2.07. The molecule has 0 fully saturated rings. The Bertz CT molecular complexity index is 1360. The molecule has 4 rings (SSSR count). The van der Waals surface area contributed by atoms with Crippen LogP contribution in [0.2, 0.25) is 0 Å². The van der Waals surface area contributed by atoms with Crippen LogP contribution in [0, 0.1) is 6.92 Å². The van der Waals surface area contributed by atoms with Crippen molar-refractivity contribution in [1.82, 2.24) is 4.98 Å². The van der Waals surface area contributed by atoms with Crippen molar-refractivity contribution < 1.29 is 13.2 Å². The molecule has 1 aromatic heterocycles. The summed E-state index contributed by atoms with van der Waals surface area (Å²) in [7, 11) is -3.22. The standard InChI is InChI=1S/C28H25NO3S/c1-20-5-3-4-6-26(20)27(19-28(30)24-15-17-29-18-16-24)23-9-7-21(8-10-23)22-11-13-25(14-12-22)33(2,31)32/h3-18,27H,19H2,1-2H3. The molecule has 0 bridgehead atoms. The summed E-state index contributed by atoms with van der Waals surface area (Å²) >= 11 is 0. The Morgan fingerprint density at radius 2 is 1.39 bits per heavy atom. The normalized spacial score (nSPS) is 12.3. The lowest BCUT2D eigenvalue weighted by atomic mass is 9.83. The fourth-order valence-corrected chi connectivity index (χ4v) is 4.66. The van der Waals surface area contributed by atoms with Gasteiger partial charge in [0.2, 0.25) is 0 Å². The first-order chi connectivity index (χ1) is 15.8. The van der Waals surface area contributed by atoms with Crippen molar-refractivity contribution in [2.45, 2.75) is 24.2 Å². The summed E-state index contributed by atoms with van der Waals surface area (Å²) in [6.07, 6.45) is 4.84. The molecule has 0 radical (unpaired) electrons. The highest BCUT2D eigenvalue weighted by atomic mass is 32.2. The SMILES string of the molecule is Cc1ccccc1C(CC(=O)c1ccncc1)c1ccc(-c2ccc(S(C)(=O)=O)cc2)cc1. The predicted octanol–water partition coefficient (Wildman–Crippen LogP) is 5.87. The maximum Gasteiger partial charge on any atom is 0.175 e. The molecule has 0 aliphatic rings. The number of carbonyl (C=O) groups is 1. The molecular weight excluding hydrogens is 430 g/mol. The van der Waals surface area contributed by atoms with E-state index in [0.29, 0.717) is 16.9 Å². The van der Waals surface area contributed by atoms with Gasteiger partial charge in [-0.1, -0.05) is 60.7 Å². The number of ketones is 1. The van der Waals surface area contributed by atoms with Gasteiger partial charge in [-0.3, -0.25) is 9.78 Å². The molecule has 1 unspecified atom stereocenters. The molecule has 4 aromatic rings. The van der Waals surface area contributed by atoms with Gasteiger partial charge in [0.15, 0.2) is 15.6 Å². The molecule has 4 nitrogen and oxygen atoms in total. The van der Waals surface area contributed by atoms with Crippen molar-refractivity contribution in [3.8, 4) is 11.1 Å². The Balaban J connectivity index is 1.66. The van der Waals surface area contributed by atoms with Gasteiger partial charge in [-0.15, -0.1) is 0 Å². The molecule has 0 N–H and O–H groups in total. The molecule has 3 aromatic carbocycles. The second-order valence-corrected chi connectivity index (χ2v) is 10.2. The maximum absolute atomic E-state index is 13.0. The number of benzene rings is 3. The minimum Gasteiger partial charge on any atom is -0.294 e. The largest absolute Gasteiger partial charge is 0.294 e. The molecule has 0 amide bonds. The van der Waals surface area contributed by atoms with E-state index in [9.17, 15) is 13.2 Å². The summed E-state index contributed by atoms with van der Waals surface area (Å²) in [5, 5.41) is 0. The minimum absolute atomic E-state index is 0.0751. The molecule has 1 heterocycles. The number of nitrogens with zero attached hydrogens (tertiary/aromatic N) is 1. The summed E-state index contributed by atoms with van der Waals surface area (Å²) in [4.78, 5) is 17.3. The van der Waals surface area contributed by atoms with Gasteiger partial charge < -0.3 is 0 Å². The second-order valence-electron chi connectivity index (χ2n) is 8.19. The van der Waals surface area contributed by atoms with Gasteiger partial charge in [-0.05, 0) is 59.0 Å². The number of aromatic nitrogens is 1. The topological polar surface area (TPSA) is 64.1 Å². The van der Waals surface area contributed by atoms with E-state index >= 15 is 0 Å². The molecule has 0 saturated heterocycles. The van der Waals surface area contributed by atoms with Crippen LogP contribution in [0.15, 0.2) is 102 Å². The molecule has 33 heavy (non-hydrogen) atoms. The molecule has 1 atom stereocenters. The number of pyridine rings is 1. The fraction of sp³-hybridized carbons (Fsp3) is 0.143. The molecule has 0 saturated carbocycles. The molecule has 0 spiro atoms. The van der Waals surface area contributed by atoms with Gasteiger partial charge in [0.25, 0.3) is 0 Å². The zero-order valence-corrected chi connectivity index (χ0v) is 19.4. The second kappa shape index (κ2) is 9.51. The van der Waals surface area contributed by atoms with Crippen molar-refractivity contribution >= 4 is 15.6 Å². The number of aryl methyl sites for hydroxylation is 1. The van der Waals surface area contributed by atoms with Gasteiger partial charge in [0.1, 0.15) is 0 Å². The lowest BCUT2D eigenvalue weighted by Crippen LogP contribution is -2.10. The number of sulfone groups is 1. The monoisotopic (exact) mass is 455 g/mol. The van der Waals surface area contributed by atoms with Crippen LogP contribution in [0.25, 0.3) is 11.1 Å². The van der Waals surface area contributed by atoms with Crippen LogP contribution in [-0.2, 0) is 9.84 Å². The average molecular weight is 456 g/mol. The van der Waals surface area contributed by atoms with Gasteiger partial charge in [-0.2, -0.15) is 0 Å². The van der Waals surface area contributed by atoms with E-state index in [2.05, 4.69) is 36.2 Å². The van der Waals surface area contributed by atoms with Crippen LogP contribution < -0.4 is 0 Å². The molecule has 5 heteroatoms. The van der Waals surface area contributed by atoms with E-state index in [4.69, 9.17) is 0 Å². The first kappa shape index (κ1) is 22.6. The maximum atomic E-state index is 13.0. The highest BCUT2D eigenvalue weighted by Crippen LogP contribution is 2.33. The van der Waals surface area contributed by atoms with Crippen molar-refractivity contribution in [2.24, 2.45) is 0 Å². The van der Waals surface area contributed by atoms with Crippen LogP contribution in [0.3, 0.4) is 0 Å². The summed E-state index contributed by atoms with van der Waals surface area (Å²) in [6, 6.07) is 26.7. The Hall–Kier alpha value is -3.57. The molecule has 0 aliphatic heterocycles. The first-order valence-electron chi connectivity index (χ1n) is 10.7. The summed E-state index contributed by atoms with van der Waals surface area (Å²) in [5.74, 6) is -0.000353. The third-order valence-electron chi connectivity index (χ3n) is 5.88. The van der Waals surface area contributed by atoms with Crippen molar-refractivity contribution in [3.63, 3.8) is 0 Å². The Kier molecular flexibility index (Phi) is 6.52. The highest BCUT2D eigenvalue weighted by Gasteiger charge is 2.21. The van der Waals surface area contributed by atoms with Crippen LogP contribution in [0.1, 0.15) is 39.4 Å². The van der Waals surface area contributed by atoms with Gasteiger partial charge in [0.05, 0.1) is 4.90 Å². The van der Waals surface area contributed by atoms with Gasteiger partial charge in [-0.25, -0.2) is 8.42 Å². The van der Waals surface area contributed by atoms with Crippen molar-refractivity contribution in [2.75, 3.05) is 6.26 Å². The quantitative estimate of drug-likeness (QED) is 0.327. The summed E-state index contributed by atoms with van der Waals surface area (Å²) in [5.41, 5.74) is 5.92. The molecule has 0 aliphatic carbocycles. The van der Waals surface area contributed by atoms with Crippen LogP contribution in [0.5, 0.6) is 0 Å². The van der Waals surface area contributed by atoms with E-state index in [1.807, 2.05) is 36.4 Å². The van der Waals surface area contributed by atoms with Crippen molar-refractivity contribution in [3.05, 3.63) is 120 Å². The van der Waals surface area contributed by atoms with E-state index in [1.54, 1.807) is 36.7 Å². The lowest BCUT2D eigenvalue weighted by molar-refractivity contribution is 0.0977. The molecular formula is C28H25NO3S. The Morgan fingerprint density at radius 1 is 0.818 bits per heavy atom. The zero-order valence-electron chi connectivity index (χ0n) is 18.6.